The summed E-state index contributed by atoms with van der Waals surface area (Å²) in [6.07, 6.45) is 1.71. The molecule has 0 unspecified atom stereocenters. The van der Waals surface area contributed by atoms with Gasteiger partial charge in [0.25, 0.3) is 0 Å². The maximum Gasteiger partial charge on any atom is 0.229 e. The van der Waals surface area contributed by atoms with E-state index in [1.165, 1.54) is 0 Å². The first-order chi connectivity index (χ1) is 7.16. The second-order valence-electron chi connectivity index (χ2n) is 3.77. The summed E-state index contributed by atoms with van der Waals surface area (Å²) in [4.78, 5) is 19.5. The molecular weight excluding hydrogens is 194 g/mol. The molecule has 5 nitrogen and oxygen atoms in total. The van der Waals surface area contributed by atoms with Gasteiger partial charge in [0.2, 0.25) is 11.9 Å². The van der Waals surface area contributed by atoms with Crippen LogP contribution in [0.25, 0.3) is 0 Å². The highest BCUT2D eigenvalue weighted by molar-refractivity contribution is 5.90. The average Bonchev–Trinajstić information content (AvgIpc) is 3.01. The molecule has 0 aromatic carbocycles. The summed E-state index contributed by atoms with van der Waals surface area (Å²) in [5, 5.41) is 2.65. The minimum Gasteiger partial charge on any atom is -0.366 e. The number of nitrogens with one attached hydrogen (secondary N) is 1. The summed E-state index contributed by atoms with van der Waals surface area (Å²) in [7, 11) is 0. The number of hydrogen-bond acceptors (Lipinski definition) is 4. The molecule has 80 valence electrons. The van der Waals surface area contributed by atoms with Crippen LogP contribution in [0.5, 0.6) is 0 Å². The molecule has 0 radical (unpaired) electrons. The average molecular weight is 207 g/mol. The van der Waals surface area contributed by atoms with Crippen LogP contribution in [-0.4, -0.2) is 22.5 Å². The summed E-state index contributed by atoms with van der Waals surface area (Å²) in [5.74, 6) is 0.194. The smallest absolute Gasteiger partial charge is 0.229 e. The van der Waals surface area contributed by atoms with Crippen molar-refractivity contribution in [2.24, 2.45) is 5.92 Å². The lowest BCUT2D eigenvalue weighted by Gasteiger charge is -2.06. The van der Waals surface area contributed by atoms with E-state index in [1.54, 1.807) is 12.3 Å². The Morgan fingerprint density at radius 1 is 1.67 bits per heavy atom. The van der Waals surface area contributed by atoms with Crippen LogP contribution in [0.15, 0.2) is 12.3 Å². The minimum atomic E-state index is -0.0798. The number of anilines is 1. The Labute approximate surface area is 87.9 Å². The van der Waals surface area contributed by atoms with Crippen molar-refractivity contribution in [3.05, 3.63) is 18.0 Å². The molecule has 1 atom stereocenters. The van der Waals surface area contributed by atoms with Gasteiger partial charge in [0, 0.05) is 12.1 Å². The normalized spacial score (nSPS) is 19.0. The number of ether oxygens (including phenoxy) is 1. The lowest BCUT2D eigenvalue weighted by Crippen LogP contribution is -2.19. The van der Waals surface area contributed by atoms with Gasteiger partial charge in [-0.15, -0.1) is 0 Å². The molecule has 5 heteroatoms. The van der Waals surface area contributed by atoms with Gasteiger partial charge in [-0.2, -0.15) is 0 Å². The number of hydrogen-bond donors (Lipinski definition) is 1. The summed E-state index contributed by atoms with van der Waals surface area (Å²) in [6.45, 7) is 4.35. The molecule has 1 aromatic rings. The van der Waals surface area contributed by atoms with Gasteiger partial charge in [0.15, 0.2) is 0 Å². The zero-order valence-electron chi connectivity index (χ0n) is 8.73. The van der Waals surface area contributed by atoms with Crippen molar-refractivity contribution in [1.29, 1.82) is 0 Å². The van der Waals surface area contributed by atoms with Crippen molar-refractivity contribution in [2.45, 2.75) is 20.0 Å². The van der Waals surface area contributed by atoms with E-state index in [0.29, 0.717) is 12.6 Å². The number of epoxide rings is 1. The number of aromatic nitrogens is 2. The molecule has 1 saturated heterocycles. The van der Waals surface area contributed by atoms with Crippen molar-refractivity contribution in [3.63, 3.8) is 0 Å². The van der Waals surface area contributed by atoms with E-state index >= 15 is 0 Å². The Balaban J connectivity index is 2.07. The second-order valence-corrected chi connectivity index (χ2v) is 3.77. The number of carbonyl (C=O) groups excluding carboxylic acids is 1. The Hall–Kier alpha value is -1.49. The van der Waals surface area contributed by atoms with Crippen LogP contribution in [0.1, 0.15) is 25.6 Å². The van der Waals surface area contributed by atoms with Gasteiger partial charge < -0.3 is 4.74 Å². The van der Waals surface area contributed by atoms with E-state index in [0.717, 1.165) is 5.69 Å². The van der Waals surface area contributed by atoms with Crippen LogP contribution < -0.4 is 5.32 Å². The maximum atomic E-state index is 11.4. The highest BCUT2D eigenvalue weighted by atomic mass is 16.6. The molecule has 1 aromatic heterocycles. The third kappa shape index (κ3) is 2.50. The van der Waals surface area contributed by atoms with Gasteiger partial charge in [-0.05, 0) is 6.07 Å². The van der Waals surface area contributed by atoms with Gasteiger partial charge in [0.05, 0.1) is 12.3 Å². The fraction of sp³-hybridized carbons (Fsp3) is 0.500. The lowest BCUT2D eigenvalue weighted by molar-refractivity contribution is -0.118. The monoisotopic (exact) mass is 207 g/mol. The van der Waals surface area contributed by atoms with Crippen LogP contribution in [0, 0.1) is 5.92 Å². The summed E-state index contributed by atoms with van der Waals surface area (Å²) in [6, 6.07) is 1.79. The molecule has 1 N–H and O–H groups in total. The maximum absolute atomic E-state index is 11.4. The van der Waals surface area contributed by atoms with Gasteiger partial charge in [-0.25, -0.2) is 9.97 Å². The zero-order valence-corrected chi connectivity index (χ0v) is 8.73. The van der Waals surface area contributed by atoms with Gasteiger partial charge >= 0.3 is 0 Å². The van der Waals surface area contributed by atoms with E-state index in [2.05, 4.69) is 15.3 Å². The van der Waals surface area contributed by atoms with E-state index in [-0.39, 0.29) is 17.9 Å². The third-order valence-corrected chi connectivity index (χ3v) is 2.10. The van der Waals surface area contributed by atoms with Crippen LogP contribution in [0.3, 0.4) is 0 Å². The highest BCUT2D eigenvalue weighted by Gasteiger charge is 2.26. The highest BCUT2D eigenvalue weighted by Crippen LogP contribution is 2.27. The van der Waals surface area contributed by atoms with Crippen molar-refractivity contribution < 1.29 is 9.53 Å². The number of rotatable bonds is 3. The standard InChI is InChI=1S/C10H13N3O2/c1-6(2)9(14)13-10-11-4-3-7(12-10)8-5-15-8/h3-4,6,8H,5H2,1-2H3,(H,11,12,13,14)/t8-/m0/s1. The minimum absolute atomic E-state index is 0.0746. The number of carbonyl (C=O) groups is 1. The van der Waals surface area contributed by atoms with Crippen LogP contribution in [0.2, 0.25) is 0 Å². The largest absolute Gasteiger partial charge is 0.366 e. The summed E-state index contributed by atoms with van der Waals surface area (Å²) in [5.41, 5.74) is 0.823. The Bertz CT molecular complexity index is 375. The SMILES string of the molecule is CC(C)C(=O)Nc1nccc([C@@H]2CO2)n1. The molecule has 1 fully saturated rings. The Morgan fingerprint density at radius 3 is 3.00 bits per heavy atom. The van der Waals surface area contributed by atoms with Gasteiger partial charge in [-0.1, -0.05) is 13.8 Å². The first kappa shape index (κ1) is 10.0. The van der Waals surface area contributed by atoms with E-state index in [9.17, 15) is 4.79 Å². The van der Waals surface area contributed by atoms with Crippen molar-refractivity contribution in [3.8, 4) is 0 Å². The molecular formula is C10H13N3O2. The summed E-state index contributed by atoms with van der Waals surface area (Å²) >= 11 is 0. The number of nitrogens with zero attached hydrogens (tertiary/aromatic N) is 2. The predicted molar refractivity (Wildman–Crippen MR) is 54.2 cm³/mol. The zero-order chi connectivity index (χ0) is 10.8. The lowest BCUT2D eigenvalue weighted by atomic mass is 10.2. The quantitative estimate of drug-likeness (QED) is 0.755. The molecule has 1 aliphatic rings. The molecule has 2 rings (SSSR count). The predicted octanol–water partition coefficient (Wildman–Crippen LogP) is 1.14. The molecule has 2 heterocycles. The molecule has 15 heavy (non-hydrogen) atoms. The van der Waals surface area contributed by atoms with E-state index in [4.69, 9.17) is 4.74 Å². The fourth-order valence-electron chi connectivity index (χ4n) is 1.09. The fourth-order valence-corrected chi connectivity index (χ4v) is 1.09. The molecule has 0 spiro atoms. The molecule has 1 amide bonds. The van der Waals surface area contributed by atoms with Crippen LogP contribution in [0.4, 0.5) is 5.95 Å². The van der Waals surface area contributed by atoms with Gasteiger partial charge in [-0.3, -0.25) is 10.1 Å². The van der Waals surface area contributed by atoms with Crippen molar-refractivity contribution in [1.82, 2.24) is 9.97 Å². The molecule has 0 saturated carbocycles. The van der Waals surface area contributed by atoms with Crippen LogP contribution in [-0.2, 0) is 9.53 Å². The molecule has 0 aliphatic carbocycles. The number of amides is 1. The second kappa shape index (κ2) is 3.94. The third-order valence-electron chi connectivity index (χ3n) is 2.10. The van der Waals surface area contributed by atoms with Crippen molar-refractivity contribution >= 4 is 11.9 Å². The Morgan fingerprint density at radius 2 is 2.40 bits per heavy atom. The topological polar surface area (TPSA) is 67.4 Å². The molecule has 0 bridgehead atoms. The summed E-state index contributed by atoms with van der Waals surface area (Å²) < 4.78 is 5.10. The van der Waals surface area contributed by atoms with E-state index in [1.807, 2.05) is 13.8 Å². The van der Waals surface area contributed by atoms with E-state index < -0.39 is 0 Å². The van der Waals surface area contributed by atoms with Gasteiger partial charge in [0.1, 0.15) is 6.10 Å². The van der Waals surface area contributed by atoms with Crippen LogP contribution >= 0.6 is 0 Å². The first-order valence-corrected chi connectivity index (χ1v) is 4.92. The first-order valence-electron chi connectivity index (χ1n) is 4.92. The Kier molecular flexibility index (Phi) is 2.64. The molecule has 1 aliphatic heterocycles. The van der Waals surface area contributed by atoms with Crippen molar-refractivity contribution in [2.75, 3.05) is 11.9 Å².